The number of rotatable bonds is 3. The Balaban J connectivity index is 1.81. The minimum atomic E-state index is 0.166. The molecule has 0 radical (unpaired) electrons. The molecule has 0 unspecified atom stereocenters. The molecule has 0 atom stereocenters. The van der Waals surface area contributed by atoms with Crippen molar-refractivity contribution in [3.8, 4) is 23.1 Å². The van der Waals surface area contributed by atoms with Crippen molar-refractivity contribution >= 4 is 11.7 Å². The Hall–Kier alpha value is -3.26. The highest BCUT2D eigenvalue weighted by atomic mass is 16.4. The lowest BCUT2D eigenvalue weighted by molar-refractivity contribution is 0.475. The Labute approximate surface area is 121 Å². The van der Waals surface area contributed by atoms with Gasteiger partial charge in [-0.1, -0.05) is 6.07 Å². The fraction of sp³-hybridized carbons (Fsp3) is 0. The van der Waals surface area contributed by atoms with Crippen molar-refractivity contribution in [3.05, 3.63) is 60.3 Å². The van der Waals surface area contributed by atoms with E-state index in [-0.39, 0.29) is 5.75 Å². The number of nitrogens with one attached hydrogen (secondary N) is 1. The molecule has 0 aliphatic carbocycles. The summed E-state index contributed by atoms with van der Waals surface area (Å²) in [4.78, 5) is 4.14. The van der Waals surface area contributed by atoms with E-state index in [1.807, 2.05) is 0 Å². The van der Waals surface area contributed by atoms with E-state index in [2.05, 4.69) is 16.4 Å². The van der Waals surface area contributed by atoms with Gasteiger partial charge in [-0.15, -0.1) is 0 Å². The molecule has 3 rings (SSSR count). The smallest absolute Gasteiger partial charge is 0.299 e. The number of nitrogens with zero attached hydrogens (tertiary/aromatic N) is 2. The van der Waals surface area contributed by atoms with Crippen LogP contribution in [0.15, 0.2) is 59.1 Å². The van der Waals surface area contributed by atoms with E-state index >= 15 is 0 Å². The van der Waals surface area contributed by atoms with Crippen LogP contribution in [0.3, 0.4) is 0 Å². The summed E-state index contributed by atoms with van der Waals surface area (Å²) in [6.07, 6.45) is 1.60. The second-order valence-corrected chi connectivity index (χ2v) is 4.39. The number of phenols is 1. The van der Waals surface area contributed by atoms with Crippen LogP contribution in [0.5, 0.6) is 5.75 Å². The van der Waals surface area contributed by atoms with E-state index in [1.54, 1.807) is 54.7 Å². The first kappa shape index (κ1) is 12.8. The molecule has 1 aromatic heterocycles. The molecule has 0 spiro atoms. The number of nitriles is 1. The average Bonchev–Trinajstić information content (AvgIpc) is 2.96. The molecule has 0 amide bonds. The van der Waals surface area contributed by atoms with Crippen LogP contribution in [-0.4, -0.2) is 10.1 Å². The average molecular weight is 277 g/mol. The van der Waals surface area contributed by atoms with Crippen molar-refractivity contribution in [1.29, 1.82) is 5.26 Å². The number of aromatic nitrogens is 1. The molecule has 0 fully saturated rings. The van der Waals surface area contributed by atoms with Crippen LogP contribution in [0.25, 0.3) is 11.3 Å². The summed E-state index contributed by atoms with van der Waals surface area (Å²) in [5, 5.41) is 21.1. The van der Waals surface area contributed by atoms with Crippen molar-refractivity contribution in [2.75, 3.05) is 5.32 Å². The highest BCUT2D eigenvalue weighted by Gasteiger charge is 2.07. The fourth-order valence-corrected chi connectivity index (χ4v) is 1.88. The third-order valence-electron chi connectivity index (χ3n) is 2.90. The molecule has 5 nitrogen and oxygen atoms in total. The lowest BCUT2D eigenvalue weighted by Gasteiger charge is -2.01. The van der Waals surface area contributed by atoms with E-state index in [0.29, 0.717) is 23.0 Å². The van der Waals surface area contributed by atoms with E-state index in [0.717, 1.165) is 5.56 Å². The first-order chi connectivity index (χ1) is 10.2. The third kappa shape index (κ3) is 2.85. The number of oxazole rings is 1. The fourth-order valence-electron chi connectivity index (χ4n) is 1.88. The zero-order valence-corrected chi connectivity index (χ0v) is 10.9. The molecule has 5 heteroatoms. The Kier molecular flexibility index (Phi) is 3.27. The highest BCUT2D eigenvalue weighted by Crippen LogP contribution is 2.25. The number of hydrogen-bond acceptors (Lipinski definition) is 5. The van der Waals surface area contributed by atoms with Crippen molar-refractivity contribution in [2.45, 2.75) is 0 Å². The third-order valence-corrected chi connectivity index (χ3v) is 2.90. The van der Waals surface area contributed by atoms with Gasteiger partial charge in [0, 0.05) is 17.3 Å². The first-order valence-electron chi connectivity index (χ1n) is 6.27. The van der Waals surface area contributed by atoms with Crippen molar-refractivity contribution in [1.82, 2.24) is 4.98 Å². The SMILES string of the molecule is N#Cc1ccc(-c2cnc(Nc3cccc(O)c3)o2)cc1. The Morgan fingerprint density at radius 3 is 2.67 bits per heavy atom. The van der Waals surface area contributed by atoms with E-state index < -0.39 is 0 Å². The number of anilines is 2. The maximum Gasteiger partial charge on any atom is 0.299 e. The maximum absolute atomic E-state index is 9.41. The quantitative estimate of drug-likeness (QED) is 0.763. The molecule has 0 saturated carbocycles. The predicted molar refractivity (Wildman–Crippen MR) is 78.0 cm³/mol. The molecular formula is C16H11N3O2. The van der Waals surface area contributed by atoms with Gasteiger partial charge >= 0.3 is 0 Å². The van der Waals surface area contributed by atoms with Crippen molar-refractivity contribution < 1.29 is 9.52 Å². The first-order valence-corrected chi connectivity index (χ1v) is 6.27. The summed E-state index contributed by atoms with van der Waals surface area (Å²) in [7, 11) is 0. The van der Waals surface area contributed by atoms with Gasteiger partial charge in [0.1, 0.15) is 5.75 Å². The molecular weight excluding hydrogens is 266 g/mol. The summed E-state index contributed by atoms with van der Waals surface area (Å²) in [5.41, 5.74) is 2.12. The molecule has 0 bridgehead atoms. The zero-order valence-electron chi connectivity index (χ0n) is 10.9. The van der Waals surface area contributed by atoms with E-state index in [1.165, 1.54) is 0 Å². The standard InChI is InChI=1S/C16H11N3O2/c17-9-11-4-6-12(7-5-11)15-10-18-16(21-15)19-13-2-1-3-14(20)8-13/h1-8,10,20H,(H,18,19). The van der Waals surface area contributed by atoms with Gasteiger partial charge in [0.15, 0.2) is 5.76 Å². The second-order valence-electron chi connectivity index (χ2n) is 4.39. The highest BCUT2D eigenvalue weighted by molar-refractivity contribution is 5.61. The van der Waals surface area contributed by atoms with Crippen molar-refractivity contribution in [3.63, 3.8) is 0 Å². The summed E-state index contributed by atoms with van der Waals surface area (Å²) in [5.74, 6) is 0.765. The zero-order chi connectivity index (χ0) is 14.7. The minimum Gasteiger partial charge on any atom is -0.508 e. The van der Waals surface area contributed by atoms with Crippen LogP contribution in [0.4, 0.5) is 11.7 Å². The Bertz CT molecular complexity index is 801. The lowest BCUT2D eigenvalue weighted by Crippen LogP contribution is -1.88. The summed E-state index contributed by atoms with van der Waals surface area (Å²) in [6, 6.07) is 16.1. The van der Waals surface area contributed by atoms with Gasteiger partial charge in [-0.2, -0.15) is 5.26 Å². The summed E-state index contributed by atoms with van der Waals surface area (Å²) in [6.45, 7) is 0. The van der Waals surface area contributed by atoms with Gasteiger partial charge in [-0.25, -0.2) is 4.98 Å². The molecule has 21 heavy (non-hydrogen) atoms. The molecule has 2 N–H and O–H groups in total. The maximum atomic E-state index is 9.41. The van der Waals surface area contributed by atoms with Crippen LogP contribution in [0.2, 0.25) is 0 Å². The molecule has 102 valence electrons. The molecule has 0 saturated heterocycles. The summed E-state index contributed by atoms with van der Waals surface area (Å²) < 4.78 is 5.60. The van der Waals surface area contributed by atoms with Crippen LogP contribution in [0, 0.1) is 11.3 Å². The molecule has 0 aliphatic rings. The van der Waals surface area contributed by atoms with Gasteiger partial charge in [0.25, 0.3) is 6.01 Å². The van der Waals surface area contributed by atoms with Crippen LogP contribution in [0.1, 0.15) is 5.56 Å². The monoisotopic (exact) mass is 277 g/mol. The second kappa shape index (κ2) is 5.39. The van der Waals surface area contributed by atoms with E-state index in [4.69, 9.17) is 9.68 Å². The largest absolute Gasteiger partial charge is 0.508 e. The topological polar surface area (TPSA) is 82.1 Å². The van der Waals surface area contributed by atoms with Gasteiger partial charge in [-0.05, 0) is 36.4 Å². The van der Waals surface area contributed by atoms with Gasteiger partial charge < -0.3 is 14.8 Å². The van der Waals surface area contributed by atoms with E-state index in [9.17, 15) is 5.11 Å². The number of phenolic OH excluding ortho intramolecular Hbond substituents is 1. The lowest BCUT2D eigenvalue weighted by atomic mass is 10.1. The molecule has 1 heterocycles. The molecule has 0 aliphatic heterocycles. The van der Waals surface area contributed by atoms with Gasteiger partial charge in [0.05, 0.1) is 17.8 Å². The Morgan fingerprint density at radius 2 is 1.95 bits per heavy atom. The van der Waals surface area contributed by atoms with Gasteiger partial charge in [-0.3, -0.25) is 0 Å². The van der Waals surface area contributed by atoms with Crippen LogP contribution < -0.4 is 5.32 Å². The molecule has 2 aromatic carbocycles. The summed E-state index contributed by atoms with van der Waals surface area (Å²) >= 11 is 0. The van der Waals surface area contributed by atoms with Crippen LogP contribution in [-0.2, 0) is 0 Å². The number of benzene rings is 2. The minimum absolute atomic E-state index is 0.166. The predicted octanol–water partition coefficient (Wildman–Crippen LogP) is 3.66. The normalized spacial score (nSPS) is 10.0. The Morgan fingerprint density at radius 1 is 1.14 bits per heavy atom. The molecule has 3 aromatic rings. The number of hydrogen-bond donors (Lipinski definition) is 2. The number of aromatic hydroxyl groups is 1. The van der Waals surface area contributed by atoms with Crippen molar-refractivity contribution in [2.24, 2.45) is 0 Å². The van der Waals surface area contributed by atoms with Gasteiger partial charge in [0.2, 0.25) is 0 Å². The van der Waals surface area contributed by atoms with Crippen LogP contribution >= 0.6 is 0 Å².